The van der Waals surface area contributed by atoms with Gasteiger partial charge in [0.1, 0.15) is 12.2 Å². The first-order chi connectivity index (χ1) is 21.1. The third-order valence-corrected chi connectivity index (χ3v) is 6.97. The van der Waals surface area contributed by atoms with Crippen LogP contribution in [0.2, 0.25) is 0 Å². The SMILES string of the molecule is CC(=O)NCC[C@@H](CN(CCCCN(Cc1ccccc1)C[C@H](CCNC(C)=O)OC(C)=O)Cc1ccccc1)OC(C)=O. The summed E-state index contributed by atoms with van der Waals surface area (Å²) < 4.78 is 11.3. The van der Waals surface area contributed by atoms with Gasteiger partial charge >= 0.3 is 11.9 Å². The van der Waals surface area contributed by atoms with Crippen molar-refractivity contribution in [3.63, 3.8) is 0 Å². The second kappa shape index (κ2) is 21.0. The Morgan fingerprint density at radius 2 is 0.977 bits per heavy atom. The van der Waals surface area contributed by atoms with Crippen molar-refractivity contribution in [3.05, 3.63) is 71.8 Å². The molecule has 242 valence electrons. The number of benzene rings is 2. The molecule has 0 fully saturated rings. The lowest BCUT2D eigenvalue weighted by molar-refractivity contribution is -0.148. The highest BCUT2D eigenvalue weighted by Gasteiger charge is 2.20. The Hall–Kier alpha value is -3.76. The maximum atomic E-state index is 11.8. The van der Waals surface area contributed by atoms with E-state index in [2.05, 4.69) is 44.7 Å². The van der Waals surface area contributed by atoms with Crippen molar-refractivity contribution in [3.8, 4) is 0 Å². The first-order valence-corrected chi connectivity index (χ1v) is 15.5. The van der Waals surface area contributed by atoms with Gasteiger partial charge in [-0.15, -0.1) is 0 Å². The van der Waals surface area contributed by atoms with Crippen LogP contribution in [0.5, 0.6) is 0 Å². The topological polar surface area (TPSA) is 117 Å². The molecule has 0 bridgehead atoms. The molecule has 10 heteroatoms. The molecule has 0 aliphatic rings. The van der Waals surface area contributed by atoms with Crippen LogP contribution in [-0.4, -0.2) is 85.0 Å². The average Bonchev–Trinajstić information content (AvgIpc) is 2.95. The van der Waals surface area contributed by atoms with Crippen LogP contribution in [0.4, 0.5) is 0 Å². The van der Waals surface area contributed by atoms with Crippen molar-refractivity contribution in [2.75, 3.05) is 39.3 Å². The van der Waals surface area contributed by atoms with Crippen molar-refractivity contribution in [2.24, 2.45) is 0 Å². The van der Waals surface area contributed by atoms with Crippen molar-refractivity contribution in [2.45, 2.75) is 78.7 Å². The Labute approximate surface area is 262 Å². The predicted molar refractivity (Wildman–Crippen MR) is 170 cm³/mol. The highest BCUT2D eigenvalue weighted by molar-refractivity contribution is 5.73. The van der Waals surface area contributed by atoms with E-state index in [4.69, 9.17) is 9.47 Å². The lowest BCUT2D eigenvalue weighted by Crippen LogP contribution is -2.38. The van der Waals surface area contributed by atoms with Crippen LogP contribution in [0.15, 0.2) is 60.7 Å². The highest BCUT2D eigenvalue weighted by atomic mass is 16.5. The molecule has 2 aromatic carbocycles. The second-order valence-electron chi connectivity index (χ2n) is 11.2. The number of carbonyl (C=O) groups is 4. The van der Waals surface area contributed by atoms with Crippen molar-refractivity contribution >= 4 is 23.8 Å². The van der Waals surface area contributed by atoms with E-state index in [1.165, 1.54) is 38.8 Å². The summed E-state index contributed by atoms with van der Waals surface area (Å²) in [5.74, 6) is -0.901. The minimum Gasteiger partial charge on any atom is -0.461 e. The van der Waals surface area contributed by atoms with E-state index in [0.29, 0.717) is 52.1 Å². The lowest BCUT2D eigenvalue weighted by Gasteiger charge is -2.29. The van der Waals surface area contributed by atoms with Gasteiger partial charge in [0.25, 0.3) is 0 Å². The summed E-state index contributed by atoms with van der Waals surface area (Å²) in [7, 11) is 0. The average molecular weight is 611 g/mol. The fourth-order valence-corrected chi connectivity index (χ4v) is 5.06. The largest absolute Gasteiger partial charge is 0.461 e. The fraction of sp³-hybridized carbons (Fsp3) is 0.529. The number of amides is 2. The number of ether oxygens (including phenoxy) is 2. The summed E-state index contributed by atoms with van der Waals surface area (Å²) in [5, 5.41) is 5.59. The lowest BCUT2D eigenvalue weighted by atomic mass is 10.1. The summed E-state index contributed by atoms with van der Waals surface area (Å²) in [5.41, 5.74) is 2.34. The number of hydrogen-bond donors (Lipinski definition) is 2. The number of unbranched alkanes of at least 4 members (excludes halogenated alkanes) is 1. The van der Waals surface area contributed by atoms with Gasteiger partial charge in [-0.2, -0.15) is 0 Å². The molecule has 0 spiro atoms. The zero-order valence-corrected chi connectivity index (χ0v) is 26.8. The number of esters is 2. The first-order valence-electron chi connectivity index (χ1n) is 15.5. The van der Waals surface area contributed by atoms with Gasteiger partial charge in [-0.25, -0.2) is 0 Å². The molecule has 2 N–H and O–H groups in total. The molecule has 2 atom stereocenters. The van der Waals surface area contributed by atoms with Gasteiger partial charge in [-0.3, -0.25) is 29.0 Å². The van der Waals surface area contributed by atoms with E-state index in [9.17, 15) is 19.2 Å². The molecule has 0 heterocycles. The zero-order chi connectivity index (χ0) is 32.2. The molecule has 0 unspecified atom stereocenters. The Morgan fingerprint density at radius 1 is 0.614 bits per heavy atom. The van der Waals surface area contributed by atoms with E-state index in [1.807, 2.05) is 36.4 Å². The molecule has 0 saturated heterocycles. The third-order valence-electron chi connectivity index (χ3n) is 6.97. The quantitative estimate of drug-likeness (QED) is 0.162. The van der Waals surface area contributed by atoms with Crippen molar-refractivity contribution < 1.29 is 28.7 Å². The van der Waals surface area contributed by atoms with Gasteiger partial charge in [0.05, 0.1) is 0 Å². The standard InChI is InChI=1S/C34H50N4O6/c1-27(39)35-19-17-33(43-29(3)41)25-37(23-31-13-7-5-8-14-31)21-11-12-22-38(24-32-15-9-6-10-16-32)26-34(44-30(4)42)18-20-36-28(2)40/h5-10,13-16,33-34H,11-12,17-26H2,1-4H3,(H,35,39)(H,36,40)/t33-,34-/m0/s1. The fourth-order valence-electron chi connectivity index (χ4n) is 5.06. The van der Waals surface area contributed by atoms with Crippen LogP contribution in [0.3, 0.4) is 0 Å². The molecule has 2 amide bonds. The number of hydrogen-bond acceptors (Lipinski definition) is 8. The zero-order valence-electron chi connectivity index (χ0n) is 26.8. The third kappa shape index (κ3) is 17.4. The molecule has 44 heavy (non-hydrogen) atoms. The Bertz CT molecular complexity index is 1040. The van der Waals surface area contributed by atoms with Crippen molar-refractivity contribution in [1.82, 2.24) is 20.4 Å². The summed E-state index contributed by atoms with van der Waals surface area (Å²) >= 11 is 0. The van der Waals surface area contributed by atoms with Gasteiger partial charge in [0, 0.05) is 79.8 Å². The monoisotopic (exact) mass is 610 g/mol. The normalized spacial score (nSPS) is 12.4. The van der Waals surface area contributed by atoms with Crippen LogP contribution in [0, 0.1) is 0 Å². The number of nitrogens with one attached hydrogen (secondary N) is 2. The van der Waals surface area contributed by atoms with Gasteiger partial charge < -0.3 is 20.1 Å². The second-order valence-corrected chi connectivity index (χ2v) is 11.2. The molecule has 10 nitrogen and oxygen atoms in total. The molecule has 0 radical (unpaired) electrons. The minimum absolute atomic E-state index is 0.112. The van der Waals surface area contributed by atoms with Crippen LogP contribution in [-0.2, 0) is 41.7 Å². The molecular weight excluding hydrogens is 560 g/mol. The van der Waals surface area contributed by atoms with Gasteiger partial charge in [-0.1, -0.05) is 60.7 Å². The summed E-state index contributed by atoms with van der Waals surface area (Å²) in [6.07, 6.45) is 2.19. The smallest absolute Gasteiger partial charge is 0.302 e. The summed E-state index contributed by atoms with van der Waals surface area (Å²) in [6.45, 7) is 10.8. The molecule has 0 aliphatic carbocycles. The number of rotatable bonds is 21. The minimum atomic E-state index is -0.342. The predicted octanol–water partition coefficient (Wildman–Crippen LogP) is 3.69. The van der Waals surface area contributed by atoms with E-state index in [0.717, 1.165) is 25.9 Å². The van der Waals surface area contributed by atoms with Gasteiger partial charge in [0.15, 0.2) is 0 Å². The van der Waals surface area contributed by atoms with Crippen molar-refractivity contribution in [1.29, 1.82) is 0 Å². The Balaban J connectivity index is 2.07. The van der Waals surface area contributed by atoms with Crippen LogP contribution < -0.4 is 10.6 Å². The van der Waals surface area contributed by atoms with E-state index < -0.39 is 0 Å². The molecule has 2 rings (SSSR count). The molecule has 2 aromatic rings. The van der Waals surface area contributed by atoms with E-state index in [-0.39, 0.29) is 36.0 Å². The van der Waals surface area contributed by atoms with Crippen LogP contribution in [0.1, 0.15) is 64.5 Å². The van der Waals surface area contributed by atoms with Crippen LogP contribution in [0.25, 0.3) is 0 Å². The number of nitrogens with zero attached hydrogens (tertiary/aromatic N) is 2. The maximum absolute atomic E-state index is 11.8. The number of carbonyl (C=O) groups excluding carboxylic acids is 4. The Kier molecular flexibility index (Phi) is 17.4. The first kappa shape index (κ1) is 36.4. The molecule has 0 aromatic heterocycles. The summed E-state index contributed by atoms with van der Waals surface area (Å²) in [4.78, 5) is 51.0. The highest BCUT2D eigenvalue weighted by Crippen LogP contribution is 2.13. The van der Waals surface area contributed by atoms with E-state index in [1.54, 1.807) is 0 Å². The molecular formula is C34H50N4O6. The summed E-state index contributed by atoms with van der Waals surface area (Å²) in [6, 6.07) is 20.4. The van der Waals surface area contributed by atoms with E-state index >= 15 is 0 Å². The molecule has 0 saturated carbocycles. The Morgan fingerprint density at radius 3 is 1.30 bits per heavy atom. The maximum Gasteiger partial charge on any atom is 0.302 e. The van der Waals surface area contributed by atoms with Gasteiger partial charge in [-0.05, 0) is 37.1 Å². The van der Waals surface area contributed by atoms with Crippen LogP contribution >= 0.6 is 0 Å². The van der Waals surface area contributed by atoms with Gasteiger partial charge in [0.2, 0.25) is 11.8 Å². The molecule has 0 aliphatic heterocycles.